The van der Waals surface area contributed by atoms with Crippen LogP contribution in [0.5, 0.6) is 0 Å². The summed E-state index contributed by atoms with van der Waals surface area (Å²) in [5.74, 6) is -0.849. The van der Waals surface area contributed by atoms with Crippen LogP contribution in [0.25, 0.3) is 0 Å². The normalized spacial score (nSPS) is 12.2. The molecule has 1 unspecified atom stereocenters. The minimum absolute atomic E-state index is 0.0715. The molecule has 6 heteroatoms. The molecule has 0 aromatic heterocycles. The van der Waals surface area contributed by atoms with Gasteiger partial charge in [-0.2, -0.15) is 0 Å². The first kappa shape index (κ1) is 80.6. The van der Waals surface area contributed by atoms with Crippen LogP contribution >= 0.6 is 0 Å². The highest BCUT2D eigenvalue weighted by atomic mass is 16.6. The molecule has 83 heavy (non-hydrogen) atoms. The number of carbonyl (C=O) groups is 3. The first-order chi connectivity index (χ1) is 41.0. The van der Waals surface area contributed by atoms with Crippen molar-refractivity contribution >= 4 is 17.9 Å². The Hall–Kier alpha value is -2.37. The van der Waals surface area contributed by atoms with Crippen molar-refractivity contribution in [3.8, 4) is 0 Å². The molecule has 0 radical (unpaired) electrons. The van der Waals surface area contributed by atoms with Gasteiger partial charge in [-0.05, 0) is 57.8 Å². The summed E-state index contributed by atoms with van der Waals surface area (Å²) in [6.07, 6.45) is 90.4. The van der Waals surface area contributed by atoms with Crippen molar-refractivity contribution in [1.82, 2.24) is 0 Å². The number of esters is 3. The van der Waals surface area contributed by atoms with Gasteiger partial charge in [0.25, 0.3) is 0 Å². The van der Waals surface area contributed by atoms with Gasteiger partial charge in [0, 0.05) is 19.3 Å². The molecule has 0 aromatic rings. The topological polar surface area (TPSA) is 78.9 Å². The molecule has 0 bridgehead atoms. The number of carbonyl (C=O) groups excluding carboxylic acids is 3. The fourth-order valence-corrected chi connectivity index (χ4v) is 11.5. The van der Waals surface area contributed by atoms with Crippen LogP contribution in [0.3, 0.4) is 0 Å². The van der Waals surface area contributed by atoms with Crippen molar-refractivity contribution in [3.05, 3.63) is 36.5 Å². The highest BCUT2D eigenvalue weighted by Crippen LogP contribution is 2.19. The average molecular weight is 1170 g/mol. The number of rotatable bonds is 70. The Kier molecular flexibility index (Phi) is 70.0. The van der Waals surface area contributed by atoms with Gasteiger partial charge in [0.2, 0.25) is 0 Å². The molecule has 0 aliphatic rings. The smallest absolute Gasteiger partial charge is 0.306 e. The summed E-state index contributed by atoms with van der Waals surface area (Å²) in [6.45, 7) is 6.71. The molecule has 0 fully saturated rings. The van der Waals surface area contributed by atoms with Crippen LogP contribution in [0.15, 0.2) is 36.5 Å². The second-order valence-corrected chi connectivity index (χ2v) is 25.6. The molecule has 0 saturated heterocycles. The average Bonchev–Trinajstić information content (AvgIpc) is 3.49. The lowest BCUT2D eigenvalue weighted by molar-refractivity contribution is -0.167. The minimum Gasteiger partial charge on any atom is -0.462 e. The molecule has 0 saturated carbocycles. The van der Waals surface area contributed by atoms with E-state index in [9.17, 15) is 14.4 Å². The van der Waals surface area contributed by atoms with Crippen molar-refractivity contribution < 1.29 is 28.6 Å². The molecule has 0 aliphatic heterocycles. The fraction of sp³-hybridized carbons (Fsp3) is 0.883. The van der Waals surface area contributed by atoms with Gasteiger partial charge in [-0.25, -0.2) is 0 Å². The molecule has 0 N–H and O–H groups in total. The second-order valence-electron chi connectivity index (χ2n) is 25.6. The largest absolute Gasteiger partial charge is 0.462 e. The lowest BCUT2D eigenvalue weighted by atomic mass is 10.0. The van der Waals surface area contributed by atoms with Crippen LogP contribution in [-0.2, 0) is 28.6 Å². The van der Waals surface area contributed by atoms with Crippen LogP contribution in [0.2, 0.25) is 0 Å². The number of hydrogen-bond acceptors (Lipinski definition) is 6. The Labute approximate surface area is 518 Å². The van der Waals surface area contributed by atoms with Gasteiger partial charge in [0.05, 0.1) is 0 Å². The summed E-state index contributed by atoms with van der Waals surface area (Å²) in [5.41, 5.74) is 0. The Balaban J connectivity index is 4.32. The number of ether oxygens (including phenoxy) is 3. The lowest BCUT2D eigenvalue weighted by Crippen LogP contribution is -2.30. The van der Waals surface area contributed by atoms with Gasteiger partial charge in [0.15, 0.2) is 6.10 Å². The Bertz CT molecular complexity index is 1380. The van der Waals surface area contributed by atoms with E-state index in [-0.39, 0.29) is 31.1 Å². The summed E-state index contributed by atoms with van der Waals surface area (Å²) in [6, 6.07) is 0. The third-order valence-electron chi connectivity index (χ3n) is 17.1. The van der Waals surface area contributed by atoms with Crippen molar-refractivity contribution in [2.24, 2.45) is 0 Å². The Morgan fingerprint density at radius 3 is 0.675 bits per heavy atom. The van der Waals surface area contributed by atoms with Gasteiger partial charge < -0.3 is 14.2 Å². The summed E-state index contributed by atoms with van der Waals surface area (Å²) in [7, 11) is 0. The van der Waals surface area contributed by atoms with Crippen LogP contribution in [-0.4, -0.2) is 37.2 Å². The molecule has 6 nitrogen and oxygen atoms in total. The Morgan fingerprint density at radius 1 is 0.241 bits per heavy atom. The van der Waals surface area contributed by atoms with E-state index in [0.29, 0.717) is 19.3 Å². The molecule has 0 aromatic carbocycles. The fourth-order valence-electron chi connectivity index (χ4n) is 11.5. The van der Waals surface area contributed by atoms with Crippen molar-refractivity contribution in [1.29, 1.82) is 0 Å². The summed E-state index contributed by atoms with van der Waals surface area (Å²) < 4.78 is 17.0. The van der Waals surface area contributed by atoms with E-state index in [1.807, 2.05) is 0 Å². The Morgan fingerprint density at radius 2 is 0.434 bits per heavy atom. The van der Waals surface area contributed by atoms with Crippen LogP contribution in [0.4, 0.5) is 0 Å². The second kappa shape index (κ2) is 72.1. The third-order valence-corrected chi connectivity index (χ3v) is 17.1. The molecular formula is C77H144O6. The molecule has 0 heterocycles. The van der Waals surface area contributed by atoms with E-state index in [4.69, 9.17) is 14.2 Å². The predicted octanol–water partition coefficient (Wildman–Crippen LogP) is 25.9. The number of unbranched alkanes of at least 4 members (excludes halogenated alkanes) is 53. The van der Waals surface area contributed by atoms with Crippen LogP contribution in [0, 0.1) is 0 Å². The molecule has 488 valence electrons. The van der Waals surface area contributed by atoms with E-state index < -0.39 is 6.10 Å². The molecule has 1 atom stereocenters. The highest BCUT2D eigenvalue weighted by molar-refractivity contribution is 5.71. The van der Waals surface area contributed by atoms with E-state index in [1.165, 1.54) is 302 Å². The zero-order valence-electron chi connectivity index (χ0n) is 56.2. The number of allylic oxidation sites excluding steroid dienone is 6. The molecule has 0 spiro atoms. The van der Waals surface area contributed by atoms with Gasteiger partial charge in [0.1, 0.15) is 13.2 Å². The summed E-state index contributed by atoms with van der Waals surface area (Å²) >= 11 is 0. The molecule has 0 rings (SSSR count). The highest BCUT2D eigenvalue weighted by Gasteiger charge is 2.20. The number of hydrogen-bond donors (Lipinski definition) is 0. The predicted molar refractivity (Wildman–Crippen MR) is 362 cm³/mol. The van der Waals surface area contributed by atoms with Crippen LogP contribution < -0.4 is 0 Å². The zero-order chi connectivity index (χ0) is 59.9. The molecule has 0 amide bonds. The maximum Gasteiger partial charge on any atom is 0.306 e. The quantitative estimate of drug-likeness (QED) is 0.0261. The van der Waals surface area contributed by atoms with Gasteiger partial charge >= 0.3 is 17.9 Å². The van der Waals surface area contributed by atoms with Gasteiger partial charge in [-0.15, -0.1) is 0 Å². The van der Waals surface area contributed by atoms with Crippen molar-refractivity contribution in [2.45, 2.75) is 425 Å². The summed E-state index contributed by atoms with van der Waals surface area (Å²) in [4.78, 5) is 38.6. The van der Waals surface area contributed by atoms with Crippen LogP contribution in [0.1, 0.15) is 419 Å². The van der Waals surface area contributed by atoms with E-state index in [2.05, 4.69) is 57.2 Å². The maximum atomic E-state index is 13.0. The van der Waals surface area contributed by atoms with Crippen molar-refractivity contribution in [3.63, 3.8) is 0 Å². The minimum atomic E-state index is -0.778. The van der Waals surface area contributed by atoms with E-state index >= 15 is 0 Å². The molecule has 0 aliphatic carbocycles. The van der Waals surface area contributed by atoms with Crippen molar-refractivity contribution in [2.75, 3.05) is 13.2 Å². The zero-order valence-corrected chi connectivity index (χ0v) is 56.2. The first-order valence-electron chi connectivity index (χ1n) is 37.5. The first-order valence-corrected chi connectivity index (χ1v) is 37.5. The third kappa shape index (κ3) is 70.3. The maximum absolute atomic E-state index is 13.0. The van der Waals surface area contributed by atoms with Gasteiger partial charge in [-0.3, -0.25) is 14.4 Å². The SMILES string of the molecule is CCCCCCC/C=C\C/C=C\C/C=C\CCCCCCCCC(=O)OC(COC(=O)CCCCCCCCCCCCCCCCCCCCCC)COC(=O)CCCCCCCCCCCCCCCCCCCCCCCCCC. The molecular weight excluding hydrogens is 1020 g/mol. The summed E-state index contributed by atoms with van der Waals surface area (Å²) in [5, 5.41) is 0. The van der Waals surface area contributed by atoms with Gasteiger partial charge in [-0.1, -0.05) is 378 Å². The standard InChI is InChI=1S/C77H144O6/c1-4-7-10-13-16-19-22-25-28-31-34-37-38-39-41-43-46-49-52-55-58-61-64-67-70-76(79)82-73-74(72-81-75(78)69-66-63-60-57-54-51-48-45-42-36-33-30-27-24-21-18-15-12-9-6-3)83-77(80)71-68-65-62-59-56-53-50-47-44-40-35-32-29-26-23-20-17-14-11-8-5-2/h23,26,32,35,44,47,74H,4-22,24-25,27-31,33-34,36-43,45-46,48-73H2,1-3H3/b26-23-,35-32-,47-44-. The monoisotopic (exact) mass is 1170 g/mol. The van der Waals surface area contributed by atoms with E-state index in [0.717, 1.165) is 77.0 Å². The van der Waals surface area contributed by atoms with E-state index in [1.54, 1.807) is 0 Å². The lowest BCUT2D eigenvalue weighted by Gasteiger charge is -2.18.